The molecule has 0 spiro atoms. The molecule has 1 aromatic heterocycles. The normalized spacial score (nSPS) is 11.0. The summed E-state index contributed by atoms with van der Waals surface area (Å²) in [6.45, 7) is 3.48. The Bertz CT molecular complexity index is 595. The summed E-state index contributed by atoms with van der Waals surface area (Å²) >= 11 is 1.87. The molecule has 0 amide bonds. The third-order valence-electron chi connectivity index (χ3n) is 5.73. The summed E-state index contributed by atoms with van der Waals surface area (Å²) in [4.78, 5) is 0. The number of hydrogen-bond donors (Lipinski definition) is 0. The maximum absolute atomic E-state index is 2.43. The fourth-order valence-corrected chi connectivity index (χ4v) is 4.90. The van der Waals surface area contributed by atoms with Crippen LogP contribution >= 0.6 is 11.3 Å². The number of fused-ring (bicyclic) bond motifs is 1. The van der Waals surface area contributed by atoms with E-state index in [2.05, 4.69) is 41.3 Å². The molecule has 0 atom stereocenters. The second-order valence-corrected chi connectivity index (χ2v) is 9.07. The first-order chi connectivity index (χ1) is 13.4. The summed E-state index contributed by atoms with van der Waals surface area (Å²) < 4.78 is 3.85. The third-order valence-corrected chi connectivity index (χ3v) is 6.69. The van der Waals surface area contributed by atoms with Crippen LogP contribution in [0.25, 0.3) is 10.2 Å². The number of hydrogen-bond acceptors (Lipinski definition) is 1. The van der Waals surface area contributed by atoms with Gasteiger partial charge in [0.25, 0.3) is 0 Å². The van der Waals surface area contributed by atoms with Gasteiger partial charge >= 0.3 is 0 Å². The zero-order valence-electron chi connectivity index (χ0n) is 18.1. The molecule has 3 heteroatoms. The molecule has 0 radical (unpaired) electrons. The monoisotopic (exact) mass is 515 g/mol. The lowest BCUT2D eigenvalue weighted by Crippen LogP contribution is -3.00. The number of para-hydroxylation sites is 1. The van der Waals surface area contributed by atoms with Gasteiger partial charge in [-0.2, -0.15) is 4.57 Å². The Hall–Kier alpha value is -0.160. The highest BCUT2D eigenvalue weighted by Crippen LogP contribution is 2.16. The van der Waals surface area contributed by atoms with E-state index in [9.17, 15) is 0 Å². The van der Waals surface area contributed by atoms with Crippen LogP contribution in [0.1, 0.15) is 110 Å². The van der Waals surface area contributed by atoms with Crippen LogP contribution in [0.4, 0.5) is 0 Å². The van der Waals surface area contributed by atoms with Gasteiger partial charge in [-0.3, -0.25) is 0 Å². The van der Waals surface area contributed by atoms with Crippen LogP contribution in [0.5, 0.6) is 0 Å². The van der Waals surface area contributed by atoms with Crippen molar-refractivity contribution in [3.8, 4) is 0 Å². The smallest absolute Gasteiger partial charge is 0.225 e. The largest absolute Gasteiger partial charge is 1.00 e. The maximum atomic E-state index is 2.43. The van der Waals surface area contributed by atoms with Gasteiger partial charge in [-0.25, -0.2) is 0 Å². The van der Waals surface area contributed by atoms with E-state index in [1.165, 1.54) is 119 Å². The van der Waals surface area contributed by atoms with E-state index in [-0.39, 0.29) is 24.0 Å². The van der Waals surface area contributed by atoms with Crippen LogP contribution < -0.4 is 28.5 Å². The molecule has 0 fully saturated rings. The van der Waals surface area contributed by atoms with Crippen LogP contribution in [-0.4, -0.2) is 0 Å². The van der Waals surface area contributed by atoms with Crippen molar-refractivity contribution < 1.29 is 28.5 Å². The van der Waals surface area contributed by atoms with Crippen molar-refractivity contribution in [2.24, 2.45) is 0 Å². The highest BCUT2D eigenvalue weighted by Gasteiger charge is 2.09. The molecule has 1 aromatic carbocycles. The Morgan fingerprint density at radius 1 is 0.643 bits per heavy atom. The van der Waals surface area contributed by atoms with E-state index >= 15 is 0 Å². The van der Waals surface area contributed by atoms with Crippen molar-refractivity contribution in [3.05, 3.63) is 29.8 Å². The van der Waals surface area contributed by atoms with Gasteiger partial charge in [0.2, 0.25) is 11.0 Å². The van der Waals surface area contributed by atoms with Crippen LogP contribution in [-0.2, 0) is 6.54 Å². The van der Waals surface area contributed by atoms with Crippen molar-refractivity contribution in [2.75, 3.05) is 0 Å². The van der Waals surface area contributed by atoms with Crippen LogP contribution in [0.3, 0.4) is 0 Å². The highest BCUT2D eigenvalue weighted by molar-refractivity contribution is 7.16. The zero-order chi connectivity index (χ0) is 19.0. The molecular weight excluding hydrogens is 473 g/mol. The fraction of sp³-hybridized carbons (Fsp3) is 0.720. The Labute approximate surface area is 195 Å². The van der Waals surface area contributed by atoms with Gasteiger partial charge in [0, 0.05) is 12.5 Å². The van der Waals surface area contributed by atoms with Crippen LogP contribution in [0.15, 0.2) is 29.8 Å². The van der Waals surface area contributed by atoms with E-state index < -0.39 is 0 Å². The van der Waals surface area contributed by atoms with Crippen molar-refractivity contribution in [1.82, 2.24) is 0 Å². The van der Waals surface area contributed by atoms with E-state index in [4.69, 9.17) is 0 Å². The molecule has 1 heterocycles. The Morgan fingerprint density at radius 2 is 1.11 bits per heavy atom. The standard InChI is InChI=1S/C25H42NS.HI/c1-2-3-4-5-6-7-8-9-10-11-12-13-14-15-16-19-22-26-23-27-25-21-18-17-20-24(25)26;/h17-18,20-21,23H,2-16,19,22H2,1H3;1H/q+1;/p-1. The lowest BCUT2D eigenvalue weighted by Gasteiger charge is -2.03. The predicted octanol–water partition coefficient (Wildman–Crippen LogP) is 5.45. The minimum absolute atomic E-state index is 0. The van der Waals surface area contributed by atoms with Gasteiger partial charge < -0.3 is 24.0 Å². The first-order valence-electron chi connectivity index (χ1n) is 11.8. The summed E-state index contributed by atoms with van der Waals surface area (Å²) in [6, 6.07) is 8.76. The first kappa shape index (κ1) is 25.9. The molecule has 0 aliphatic heterocycles. The van der Waals surface area contributed by atoms with Gasteiger partial charge in [0.1, 0.15) is 11.2 Å². The lowest BCUT2D eigenvalue weighted by atomic mass is 10.0. The molecule has 2 rings (SSSR count). The molecule has 1 nitrogen and oxygen atoms in total. The molecule has 0 aliphatic rings. The Morgan fingerprint density at radius 3 is 1.64 bits per heavy atom. The molecule has 28 heavy (non-hydrogen) atoms. The number of rotatable bonds is 17. The summed E-state index contributed by atoms with van der Waals surface area (Å²) in [6.07, 6.45) is 23.0. The predicted molar refractivity (Wildman–Crippen MR) is 122 cm³/mol. The summed E-state index contributed by atoms with van der Waals surface area (Å²) in [5.74, 6) is 0. The number of nitrogens with zero attached hydrogens (tertiary/aromatic N) is 1. The SMILES string of the molecule is CCCCCCCCCCCCCCCCCC[n+]1csc2ccccc21.[I-]. The maximum Gasteiger partial charge on any atom is 0.225 e. The quantitative estimate of drug-likeness (QED) is 0.150. The zero-order valence-corrected chi connectivity index (χ0v) is 21.1. The van der Waals surface area contributed by atoms with Gasteiger partial charge in [-0.05, 0) is 12.5 Å². The molecule has 2 aromatic rings. The number of aryl methyl sites for hydroxylation is 1. The third kappa shape index (κ3) is 11.1. The topological polar surface area (TPSA) is 3.88 Å². The van der Waals surface area contributed by atoms with Gasteiger partial charge in [0.05, 0.1) is 0 Å². The number of unbranched alkanes of at least 4 members (excludes halogenated alkanes) is 15. The van der Waals surface area contributed by atoms with E-state index in [0.717, 1.165) is 0 Å². The molecule has 0 bridgehead atoms. The van der Waals surface area contributed by atoms with E-state index in [1.54, 1.807) is 0 Å². The number of benzene rings is 1. The lowest BCUT2D eigenvalue weighted by molar-refractivity contribution is -0.667. The van der Waals surface area contributed by atoms with Crippen LogP contribution in [0, 0.1) is 0 Å². The molecule has 0 N–H and O–H groups in total. The molecular formula is C25H42INS. The molecule has 0 saturated carbocycles. The van der Waals surface area contributed by atoms with Crippen molar-refractivity contribution >= 4 is 21.6 Å². The van der Waals surface area contributed by atoms with Gasteiger partial charge in [-0.15, -0.1) is 0 Å². The Kier molecular flexibility index (Phi) is 16.3. The van der Waals surface area contributed by atoms with Crippen molar-refractivity contribution in [2.45, 2.75) is 116 Å². The summed E-state index contributed by atoms with van der Waals surface area (Å²) in [7, 11) is 0. The number of thiazole rings is 1. The molecule has 0 saturated heterocycles. The van der Waals surface area contributed by atoms with Gasteiger partial charge in [0.15, 0.2) is 0 Å². The van der Waals surface area contributed by atoms with Gasteiger partial charge in [-0.1, -0.05) is 120 Å². The van der Waals surface area contributed by atoms with E-state index in [0.29, 0.717) is 0 Å². The number of aromatic nitrogens is 1. The second-order valence-electron chi connectivity index (χ2n) is 8.19. The fourth-order valence-electron chi connectivity index (χ4n) is 3.97. The number of halogens is 1. The first-order valence-corrected chi connectivity index (χ1v) is 12.7. The minimum atomic E-state index is 0. The molecule has 0 unspecified atom stereocenters. The van der Waals surface area contributed by atoms with Crippen LogP contribution in [0.2, 0.25) is 0 Å². The van der Waals surface area contributed by atoms with Crippen molar-refractivity contribution in [3.63, 3.8) is 0 Å². The van der Waals surface area contributed by atoms with E-state index in [1.807, 2.05) is 11.3 Å². The average molecular weight is 516 g/mol. The minimum Gasteiger partial charge on any atom is -1.00 e. The highest BCUT2D eigenvalue weighted by atomic mass is 127. The summed E-state index contributed by atoms with van der Waals surface area (Å²) in [5, 5.41) is 0. The average Bonchev–Trinajstić information content (AvgIpc) is 3.11. The second kappa shape index (κ2) is 17.7. The Balaban J connectivity index is 0.00000392. The van der Waals surface area contributed by atoms with Crippen molar-refractivity contribution in [1.29, 1.82) is 0 Å². The summed E-state index contributed by atoms with van der Waals surface area (Å²) in [5.41, 5.74) is 3.69. The molecule has 160 valence electrons. The molecule has 0 aliphatic carbocycles.